The van der Waals surface area contributed by atoms with E-state index < -0.39 is 8.07 Å². The van der Waals surface area contributed by atoms with Crippen LogP contribution in [0.15, 0.2) is 0 Å². The number of hydrogen-bond donors (Lipinski definition) is 0. The van der Waals surface area contributed by atoms with Crippen molar-refractivity contribution in [2.45, 2.75) is 71.1 Å². The predicted octanol–water partition coefficient (Wildman–Crippen LogP) is 4.69. The quantitative estimate of drug-likeness (QED) is 0.441. The molecule has 0 bridgehead atoms. The Bertz CT molecular complexity index is 119. The lowest BCUT2D eigenvalue weighted by atomic mass is 10.2. The van der Waals surface area contributed by atoms with Gasteiger partial charge in [0.15, 0.2) is 0 Å². The Labute approximate surface area is 79.8 Å². The van der Waals surface area contributed by atoms with E-state index in [-0.39, 0.29) is 0 Å². The van der Waals surface area contributed by atoms with Crippen molar-refractivity contribution in [2.75, 3.05) is 0 Å². The van der Waals surface area contributed by atoms with Crippen LogP contribution in [-0.2, 0) is 0 Å². The Kier molecular flexibility index (Phi) is 4.53. The number of unbranched alkanes of at least 4 members (excludes halogenated alkanes) is 2. The van der Waals surface area contributed by atoms with Crippen molar-refractivity contribution >= 4 is 8.07 Å². The van der Waals surface area contributed by atoms with Gasteiger partial charge in [-0.3, -0.25) is 0 Å². The minimum absolute atomic E-state index is 0.584. The van der Waals surface area contributed by atoms with E-state index in [1.54, 1.807) is 0 Å². The lowest BCUT2D eigenvalue weighted by Gasteiger charge is -2.37. The van der Waals surface area contributed by atoms with Crippen molar-refractivity contribution in [3.63, 3.8) is 0 Å². The van der Waals surface area contributed by atoms with Gasteiger partial charge in [-0.2, -0.15) is 0 Å². The van der Waals surface area contributed by atoms with Crippen LogP contribution in [0.2, 0.25) is 24.2 Å². The zero-order valence-electron chi connectivity index (χ0n) is 9.83. The molecule has 0 aliphatic heterocycles. The minimum atomic E-state index is -0.942. The predicted molar refractivity (Wildman–Crippen MR) is 61.5 cm³/mol. The van der Waals surface area contributed by atoms with E-state index >= 15 is 0 Å². The Morgan fingerprint density at radius 2 is 1.50 bits per heavy atom. The molecule has 0 aromatic heterocycles. The van der Waals surface area contributed by atoms with Gasteiger partial charge in [0.1, 0.15) is 0 Å². The molecule has 0 saturated carbocycles. The highest BCUT2D eigenvalue weighted by atomic mass is 28.3. The van der Waals surface area contributed by atoms with E-state index in [4.69, 9.17) is 0 Å². The Balaban J connectivity index is 3.88. The molecule has 1 heteroatoms. The van der Waals surface area contributed by atoms with E-state index in [0.717, 1.165) is 0 Å². The molecule has 0 aromatic rings. The summed E-state index contributed by atoms with van der Waals surface area (Å²) in [5.74, 6) is 0. The molecule has 0 fully saturated rings. The maximum atomic E-state index is 2.53. The lowest BCUT2D eigenvalue weighted by molar-refractivity contribution is 0.689. The first kappa shape index (κ1) is 12.2. The normalized spacial score (nSPS) is 13.5. The highest BCUT2D eigenvalue weighted by molar-refractivity contribution is 6.80. The van der Waals surface area contributed by atoms with Crippen LogP contribution in [0.5, 0.6) is 0 Å². The van der Waals surface area contributed by atoms with Crippen LogP contribution in [0.4, 0.5) is 0 Å². The minimum Gasteiger partial charge on any atom is -0.0690 e. The molecular weight excluding hydrogens is 160 g/mol. The molecule has 0 spiro atoms. The van der Waals surface area contributed by atoms with Crippen molar-refractivity contribution in [2.24, 2.45) is 0 Å². The largest absolute Gasteiger partial charge is 0.0690 e. The van der Waals surface area contributed by atoms with Crippen molar-refractivity contribution in [3.8, 4) is 0 Å². The highest BCUT2D eigenvalue weighted by Gasteiger charge is 2.33. The fraction of sp³-hybridized carbons (Fsp3) is 1.00. The fourth-order valence-electron chi connectivity index (χ4n) is 1.19. The first-order valence-electron chi connectivity index (χ1n) is 5.31. The molecule has 0 heterocycles. The molecule has 0 nitrogen and oxygen atoms in total. The van der Waals surface area contributed by atoms with Gasteiger partial charge in [-0.25, -0.2) is 0 Å². The number of rotatable bonds is 4. The first-order chi connectivity index (χ1) is 5.31. The summed E-state index contributed by atoms with van der Waals surface area (Å²) in [5, 5.41) is 0.584. The molecule has 0 unspecified atom stereocenters. The smallest absolute Gasteiger partial charge is 0.0527 e. The molecule has 0 rings (SSSR count). The van der Waals surface area contributed by atoms with Crippen LogP contribution in [0, 0.1) is 0 Å². The van der Waals surface area contributed by atoms with E-state index in [1.165, 1.54) is 25.3 Å². The first-order valence-corrected chi connectivity index (χ1v) is 8.52. The number of hydrogen-bond acceptors (Lipinski definition) is 0. The van der Waals surface area contributed by atoms with E-state index in [1.807, 2.05) is 0 Å². The van der Waals surface area contributed by atoms with Crippen molar-refractivity contribution < 1.29 is 0 Å². The van der Waals surface area contributed by atoms with E-state index in [0.29, 0.717) is 5.04 Å². The molecule has 0 radical (unpaired) electrons. The van der Waals surface area contributed by atoms with E-state index in [9.17, 15) is 0 Å². The van der Waals surface area contributed by atoms with Crippen molar-refractivity contribution in [1.82, 2.24) is 0 Å². The fourth-order valence-corrected chi connectivity index (χ4v) is 3.08. The summed E-state index contributed by atoms with van der Waals surface area (Å²) < 4.78 is 0. The van der Waals surface area contributed by atoms with Crippen LogP contribution < -0.4 is 0 Å². The molecule has 0 amide bonds. The SMILES string of the molecule is CCCCC[Si](C)(C)C(C)(C)C. The van der Waals surface area contributed by atoms with E-state index in [2.05, 4.69) is 40.8 Å². The summed E-state index contributed by atoms with van der Waals surface area (Å²) in [6.45, 7) is 14.6. The lowest BCUT2D eigenvalue weighted by Crippen LogP contribution is -2.36. The molecule has 12 heavy (non-hydrogen) atoms. The third-order valence-corrected chi connectivity index (χ3v) is 9.10. The molecule has 0 aromatic carbocycles. The van der Waals surface area contributed by atoms with Gasteiger partial charge in [0.2, 0.25) is 0 Å². The third-order valence-electron chi connectivity index (χ3n) is 3.44. The summed E-state index contributed by atoms with van der Waals surface area (Å²) in [7, 11) is -0.942. The van der Waals surface area contributed by atoms with Gasteiger partial charge in [-0.1, -0.05) is 66.1 Å². The van der Waals surface area contributed by atoms with Gasteiger partial charge >= 0.3 is 0 Å². The molecule has 0 aliphatic rings. The van der Waals surface area contributed by atoms with Crippen LogP contribution in [0.1, 0.15) is 47.0 Å². The maximum absolute atomic E-state index is 2.53. The van der Waals surface area contributed by atoms with Crippen molar-refractivity contribution in [1.29, 1.82) is 0 Å². The van der Waals surface area contributed by atoms with Gasteiger partial charge < -0.3 is 0 Å². The van der Waals surface area contributed by atoms with Crippen molar-refractivity contribution in [3.05, 3.63) is 0 Å². The molecule has 0 N–H and O–H groups in total. The summed E-state index contributed by atoms with van der Waals surface area (Å²) in [6.07, 6.45) is 4.23. The Hall–Kier alpha value is 0.217. The van der Waals surface area contributed by atoms with Gasteiger partial charge in [0, 0.05) is 0 Å². The average molecular weight is 186 g/mol. The van der Waals surface area contributed by atoms with Gasteiger partial charge in [0.05, 0.1) is 8.07 Å². The van der Waals surface area contributed by atoms with Gasteiger partial charge in [-0.15, -0.1) is 0 Å². The summed E-state index contributed by atoms with van der Waals surface area (Å²) >= 11 is 0. The maximum Gasteiger partial charge on any atom is 0.0527 e. The molecule has 74 valence electrons. The monoisotopic (exact) mass is 186 g/mol. The molecule has 0 aliphatic carbocycles. The van der Waals surface area contributed by atoms with Gasteiger partial charge in [0.25, 0.3) is 0 Å². The third kappa shape index (κ3) is 3.75. The second kappa shape index (κ2) is 4.45. The molecule has 0 atom stereocenters. The van der Waals surface area contributed by atoms with Crippen LogP contribution in [0.25, 0.3) is 0 Å². The highest BCUT2D eigenvalue weighted by Crippen LogP contribution is 2.39. The Morgan fingerprint density at radius 3 is 1.83 bits per heavy atom. The van der Waals surface area contributed by atoms with Crippen LogP contribution >= 0.6 is 0 Å². The zero-order valence-corrected chi connectivity index (χ0v) is 10.8. The summed E-state index contributed by atoms with van der Waals surface area (Å²) in [5.41, 5.74) is 0. The molecule has 0 saturated heterocycles. The Morgan fingerprint density at radius 1 is 1.00 bits per heavy atom. The standard InChI is InChI=1S/C11H26Si/c1-7-8-9-10-12(5,6)11(2,3)4/h7-10H2,1-6H3. The topological polar surface area (TPSA) is 0 Å². The summed E-state index contributed by atoms with van der Waals surface area (Å²) in [4.78, 5) is 0. The molecular formula is C11H26Si. The van der Waals surface area contributed by atoms with Crippen LogP contribution in [0.3, 0.4) is 0 Å². The second-order valence-electron chi connectivity index (χ2n) is 5.59. The van der Waals surface area contributed by atoms with Crippen LogP contribution in [-0.4, -0.2) is 8.07 Å². The summed E-state index contributed by atoms with van der Waals surface area (Å²) in [6, 6.07) is 1.50. The zero-order chi connectivity index (χ0) is 9.83. The van der Waals surface area contributed by atoms with Gasteiger partial charge in [-0.05, 0) is 5.04 Å². The second-order valence-corrected chi connectivity index (χ2v) is 11.4. The average Bonchev–Trinajstić information content (AvgIpc) is 1.85.